The van der Waals surface area contributed by atoms with Gasteiger partial charge in [-0.25, -0.2) is 19.9 Å². The fourth-order valence-corrected chi connectivity index (χ4v) is 5.79. The molecule has 0 saturated carbocycles. The van der Waals surface area contributed by atoms with Crippen molar-refractivity contribution in [1.29, 1.82) is 0 Å². The molecule has 0 bridgehead atoms. The molecule has 2 aliphatic rings. The van der Waals surface area contributed by atoms with E-state index in [0.29, 0.717) is 35.0 Å². The second-order valence-corrected chi connectivity index (χ2v) is 11.6. The van der Waals surface area contributed by atoms with Gasteiger partial charge in [-0.05, 0) is 60.7 Å². The number of piperidine rings is 1. The van der Waals surface area contributed by atoms with Crippen LogP contribution in [0, 0.1) is 5.92 Å². The van der Waals surface area contributed by atoms with Crippen LogP contribution in [0.25, 0.3) is 28.1 Å². The molecule has 0 atom stereocenters. The lowest BCUT2D eigenvalue weighted by Gasteiger charge is -2.32. The number of anilines is 2. The van der Waals surface area contributed by atoms with Crippen molar-refractivity contribution in [2.45, 2.75) is 19.4 Å². The summed E-state index contributed by atoms with van der Waals surface area (Å²) < 4.78 is 0. The van der Waals surface area contributed by atoms with Crippen molar-refractivity contribution in [2.75, 3.05) is 43.5 Å². The van der Waals surface area contributed by atoms with E-state index in [2.05, 4.69) is 53.7 Å². The number of amides is 2. The second kappa shape index (κ2) is 12.2. The van der Waals surface area contributed by atoms with Gasteiger partial charge in [-0.15, -0.1) is 0 Å². The van der Waals surface area contributed by atoms with Gasteiger partial charge in [0.15, 0.2) is 0 Å². The smallest absolute Gasteiger partial charge is 0.290 e. The Hall–Kier alpha value is -4.42. The molecule has 2 saturated heterocycles. The predicted molar refractivity (Wildman–Crippen MR) is 165 cm³/mol. The Labute approximate surface area is 247 Å². The van der Waals surface area contributed by atoms with Crippen LogP contribution in [-0.2, 0) is 11.3 Å². The Morgan fingerprint density at radius 3 is 2.60 bits per heavy atom. The van der Waals surface area contributed by atoms with Crippen LogP contribution in [0.1, 0.15) is 24.2 Å². The molecule has 0 spiro atoms. The number of thioether (sulfide) groups is 1. The number of carbonyl (C=O) groups is 2. The molecule has 11 nitrogen and oxygen atoms in total. The molecule has 5 heterocycles. The topological polar surface area (TPSA) is 129 Å². The van der Waals surface area contributed by atoms with Gasteiger partial charge in [0, 0.05) is 63.3 Å². The van der Waals surface area contributed by atoms with Gasteiger partial charge in [0.25, 0.3) is 11.1 Å². The third-order valence-corrected chi connectivity index (χ3v) is 8.17. The average Bonchev–Trinajstić information content (AvgIpc) is 3.33. The SMILES string of the molecule is CN(C)c1ncc(-c2cc3ccccc3c(CNCC3CCN(c4nccc(/C=C5\SC(=O)NC5=O)n4)CC3)n2)cn1. The average molecular weight is 582 g/mol. The van der Waals surface area contributed by atoms with Crippen LogP contribution in [0.2, 0.25) is 0 Å². The van der Waals surface area contributed by atoms with Gasteiger partial charge in [0.05, 0.1) is 22.0 Å². The van der Waals surface area contributed by atoms with Gasteiger partial charge in [-0.1, -0.05) is 24.3 Å². The maximum absolute atomic E-state index is 11.9. The molecule has 0 aliphatic carbocycles. The molecule has 2 aliphatic heterocycles. The first-order valence-electron chi connectivity index (χ1n) is 13.8. The summed E-state index contributed by atoms with van der Waals surface area (Å²) in [6.07, 6.45) is 9.00. The number of carbonyl (C=O) groups excluding carboxylic acids is 2. The van der Waals surface area contributed by atoms with E-state index in [0.717, 1.165) is 72.0 Å². The Morgan fingerprint density at radius 2 is 1.86 bits per heavy atom. The quantitative estimate of drug-likeness (QED) is 0.294. The van der Waals surface area contributed by atoms with E-state index in [4.69, 9.17) is 4.98 Å². The van der Waals surface area contributed by atoms with E-state index in [1.165, 1.54) is 0 Å². The minimum absolute atomic E-state index is 0.345. The molecule has 12 heteroatoms. The summed E-state index contributed by atoms with van der Waals surface area (Å²) in [5, 5.41) is 7.83. The van der Waals surface area contributed by atoms with Crippen molar-refractivity contribution >= 4 is 51.7 Å². The molecule has 2 amide bonds. The van der Waals surface area contributed by atoms with Gasteiger partial charge >= 0.3 is 0 Å². The van der Waals surface area contributed by atoms with E-state index in [1.54, 1.807) is 18.3 Å². The van der Waals surface area contributed by atoms with Crippen molar-refractivity contribution < 1.29 is 9.59 Å². The highest BCUT2D eigenvalue weighted by molar-refractivity contribution is 8.18. The number of rotatable bonds is 8. The van der Waals surface area contributed by atoms with Crippen LogP contribution in [0.15, 0.2) is 59.9 Å². The van der Waals surface area contributed by atoms with Crippen molar-refractivity contribution in [3.05, 3.63) is 71.3 Å². The molecule has 214 valence electrons. The zero-order valence-electron chi connectivity index (χ0n) is 23.4. The number of nitrogens with zero attached hydrogens (tertiary/aromatic N) is 7. The Bertz CT molecular complexity index is 1650. The van der Waals surface area contributed by atoms with Crippen LogP contribution >= 0.6 is 11.8 Å². The van der Waals surface area contributed by atoms with Crippen LogP contribution in [0.3, 0.4) is 0 Å². The summed E-state index contributed by atoms with van der Waals surface area (Å²) in [4.78, 5) is 50.7. The predicted octanol–water partition coefficient (Wildman–Crippen LogP) is 3.88. The molecule has 0 unspecified atom stereocenters. The number of hydrogen-bond donors (Lipinski definition) is 2. The maximum Gasteiger partial charge on any atom is 0.290 e. The molecular weight excluding hydrogens is 550 g/mol. The van der Waals surface area contributed by atoms with E-state index in [9.17, 15) is 9.59 Å². The molecule has 1 aromatic carbocycles. The molecule has 2 N–H and O–H groups in total. The number of aromatic nitrogens is 5. The highest BCUT2D eigenvalue weighted by Crippen LogP contribution is 2.27. The van der Waals surface area contributed by atoms with Gasteiger partial charge in [-0.3, -0.25) is 19.9 Å². The summed E-state index contributed by atoms with van der Waals surface area (Å²) in [7, 11) is 3.84. The van der Waals surface area contributed by atoms with Gasteiger partial charge < -0.3 is 15.1 Å². The van der Waals surface area contributed by atoms with Gasteiger partial charge in [-0.2, -0.15) is 0 Å². The Morgan fingerprint density at radius 1 is 1.07 bits per heavy atom. The zero-order chi connectivity index (χ0) is 29.1. The second-order valence-electron chi connectivity index (χ2n) is 10.5. The molecule has 4 aromatic rings. The van der Waals surface area contributed by atoms with Crippen LogP contribution in [-0.4, -0.2) is 69.8 Å². The lowest BCUT2D eigenvalue weighted by Crippen LogP contribution is -2.38. The summed E-state index contributed by atoms with van der Waals surface area (Å²) >= 11 is 0.886. The first-order valence-corrected chi connectivity index (χ1v) is 14.7. The van der Waals surface area contributed by atoms with Crippen molar-refractivity contribution in [2.24, 2.45) is 5.92 Å². The third-order valence-electron chi connectivity index (χ3n) is 7.36. The number of imide groups is 1. The largest absolute Gasteiger partial charge is 0.347 e. The van der Waals surface area contributed by atoms with Crippen molar-refractivity contribution in [3.63, 3.8) is 0 Å². The fourth-order valence-electron chi connectivity index (χ4n) is 5.12. The standard InChI is InChI=1S/C30H31N9O2S/c1-38(2)28-33-16-21(17-34-28)24-13-20-5-3-4-6-23(20)25(36-24)18-31-15-19-8-11-39(12-9-19)29-32-10-7-22(35-29)14-26-27(40)37-30(41)42-26/h3-7,10,13-14,16-17,19,31H,8-9,11-12,15,18H2,1-2H3,(H,37,40,41)/b26-14-. The lowest BCUT2D eigenvalue weighted by atomic mass is 9.97. The molecule has 6 rings (SSSR count). The molecule has 0 radical (unpaired) electrons. The third kappa shape index (κ3) is 6.24. The Balaban J connectivity index is 1.07. The summed E-state index contributed by atoms with van der Waals surface area (Å²) in [6.45, 7) is 3.25. The molecule has 42 heavy (non-hydrogen) atoms. The molecule has 2 fully saturated rings. The highest BCUT2D eigenvalue weighted by Gasteiger charge is 2.26. The van der Waals surface area contributed by atoms with E-state index < -0.39 is 0 Å². The number of hydrogen-bond acceptors (Lipinski definition) is 11. The summed E-state index contributed by atoms with van der Waals surface area (Å²) in [5.74, 6) is 1.44. The first-order chi connectivity index (χ1) is 20.4. The maximum atomic E-state index is 11.9. The van der Waals surface area contributed by atoms with E-state index in [-0.39, 0.29) is 11.1 Å². The van der Waals surface area contributed by atoms with E-state index in [1.807, 2.05) is 43.5 Å². The van der Waals surface area contributed by atoms with Crippen molar-refractivity contribution in [1.82, 2.24) is 35.6 Å². The summed E-state index contributed by atoms with van der Waals surface area (Å²) in [5.41, 5.74) is 3.37. The highest BCUT2D eigenvalue weighted by atomic mass is 32.2. The number of fused-ring (bicyclic) bond motifs is 1. The zero-order valence-corrected chi connectivity index (χ0v) is 24.3. The number of benzene rings is 1. The van der Waals surface area contributed by atoms with Crippen LogP contribution in [0.4, 0.5) is 16.7 Å². The molecule has 3 aromatic heterocycles. The van der Waals surface area contributed by atoms with Crippen LogP contribution < -0.4 is 20.4 Å². The number of pyridine rings is 1. The van der Waals surface area contributed by atoms with E-state index >= 15 is 0 Å². The first kappa shape index (κ1) is 27.7. The van der Waals surface area contributed by atoms with Crippen LogP contribution in [0.5, 0.6) is 0 Å². The Kier molecular flexibility index (Phi) is 8.06. The van der Waals surface area contributed by atoms with Gasteiger partial charge in [0.2, 0.25) is 11.9 Å². The number of nitrogens with one attached hydrogen (secondary N) is 2. The fraction of sp³-hybridized carbons (Fsp3) is 0.300. The minimum Gasteiger partial charge on any atom is -0.347 e. The van der Waals surface area contributed by atoms with Gasteiger partial charge in [0.1, 0.15) is 0 Å². The monoisotopic (exact) mass is 581 g/mol. The molecular formula is C30H31N9O2S. The minimum atomic E-state index is -0.388. The summed E-state index contributed by atoms with van der Waals surface area (Å²) in [6, 6.07) is 12.2. The van der Waals surface area contributed by atoms with Crippen molar-refractivity contribution in [3.8, 4) is 11.3 Å². The normalized spacial score (nSPS) is 16.8. The lowest BCUT2D eigenvalue weighted by molar-refractivity contribution is -0.115.